The first-order valence-corrected chi connectivity index (χ1v) is 8.48. The number of sulfonamides is 1. The number of hydrogen-bond donors (Lipinski definition) is 2. The van der Waals surface area contributed by atoms with Gasteiger partial charge in [0.25, 0.3) is 0 Å². The highest BCUT2D eigenvalue weighted by atomic mass is 35.5. The number of halogens is 2. The van der Waals surface area contributed by atoms with Crippen molar-refractivity contribution < 1.29 is 13.2 Å². The fourth-order valence-corrected chi connectivity index (χ4v) is 3.66. The maximum atomic E-state index is 12.1. The molecule has 1 heterocycles. The van der Waals surface area contributed by atoms with E-state index in [4.69, 9.17) is 27.9 Å². The lowest BCUT2D eigenvalue weighted by atomic mass is 10.1. The maximum absolute atomic E-state index is 12.1. The Hall–Kier alpha value is -0.530. The SMILES string of the molecule is CNS(=O)(=O)c1c(OC2CCNCC2)ccc(Cl)c1Cl. The van der Waals surface area contributed by atoms with Gasteiger partial charge in [-0.3, -0.25) is 0 Å². The van der Waals surface area contributed by atoms with Gasteiger partial charge in [0.05, 0.1) is 10.0 Å². The Bertz CT molecular complexity index is 587. The molecular formula is C12H16Cl2N2O3S. The van der Waals surface area contributed by atoms with Gasteiger partial charge in [0.1, 0.15) is 16.7 Å². The van der Waals surface area contributed by atoms with Crippen LogP contribution >= 0.6 is 23.2 Å². The van der Waals surface area contributed by atoms with E-state index in [1.807, 2.05) is 0 Å². The molecule has 2 N–H and O–H groups in total. The molecule has 8 heteroatoms. The van der Waals surface area contributed by atoms with Gasteiger partial charge >= 0.3 is 0 Å². The van der Waals surface area contributed by atoms with E-state index in [0.29, 0.717) is 0 Å². The van der Waals surface area contributed by atoms with E-state index in [2.05, 4.69) is 10.0 Å². The average molecular weight is 339 g/mol. The molecule has 0 unspecified atom stereocenters. The molecular weight excluding hydrogens is 323 g/mol. The van der Waals surface area contributed by atoms with E-state index in [0.717, 1.165) is 25.9 Å². The van der Waals surface area contributed by atoms with Crippen LogP contribution in [0.15, 0.2) is 17.0 Å². The normalized spacial score (nSPS) is 17.1. The van der Waals surface area contributed by atoms with Gasteiger partial charge in [-0.25, -0.2) is 13.1 Å². The second kappa shape index (κ2) is 6.49. The van der Waals surface area contributed by atoms with Crippen LogP contribution in [0, 0.1) is 0 Å². The van der Waals surface area contributed by atoms with Crippen LogP contribution in [0.5, 0.6) is 5.75 Å². The summed E-state index contributed by atoms with van der Waals surface area (Å²) in [5.41, 5.74) is 0. The summed E-state index contributed by atoms with van der Waals surface area (Å²) in [6, 6.07) is 3.08. The van der Waals surface area contributed by atoms with Crippen LogP contribution in [-0.4, -0.2) is 34.7 Å². The van der Waals surface area contributed by atoms with Crippen molar-refractivity contribution in [1.82, 2.24) is 10.0 Å². The third kappa shape index (κ3) is 3.38. The minimum atomic E-state index is -3.74. The molecule has 0 saturated carbocycles. The Balaban J connectivity index is 2.39. The van der Waals surface area contributed by atoms with Crippen molar-refractivity contribution in [3.63, 3.8) is 0 Å². The summed E-state index contributed by atoms with van der Waals surface area (Å²) in [7, 11) is -2.42. The molecule has 0 atom stereocenters. The van der Waals surface area contributed by atoms with Crippen LogP contribution in [0.3, 0.4) is 0 Å². The highest BCUT2D eigenvalue weighted by molar-refractivity contribution is 7.89. The van der Waals surface area contributed by atoms with E-state index >= 15 is 0 Å². The Morgan fingerprint density at radius 1 is 1.30 bits per heavy atom. The molecule has 0 spiro atoms. The summed E-state index contributed by atoms with van der Waals surface area (Å²) < 4.78 is 32.2. The van der Waals surface area contributed by atoms with Crippen LogP contribution in [-0.2, 0) is 10.0 Å². The monoisotopic (exact) mass is 338 g/mol. The predicted molar refractivity (Wildman–Crippen MR) is 79.2 cm³/mol. The van der Waals surface area contributed by atoms with Crippen molar-refractivity contribution in [2.75, 3.05) is 20.1 Å². The minimum absolute atomic E-state index is 0.0209. The van der Waals surface area contributed by atoms with Crippen LogP contribution in [0.2, 0.25) is 10.0 Å². The molecule has 5 nitrogen and oxygen atoms in total. The minimum Gasteiger partial charge on any atom is -0.489 e. The second-order valence-electron chi connectivity index (χ2n) is 4.46. The van der Waals surface area contributed by atoms with Crippen molar-refractivity contribution in [3.8, 4) is 5.75 Å². The van der Waals surface area contributed by atoms with Crippen molar-refractivity contribution in [3.05, 3.63) is 22.2 Å². The summed E-state index contributed by atoms with van der Waals surface area (Å²) >= 11 is 11.9. The Morgan fingerprint density at radius 2 is 1.95 bits per heavy atom. The van der Waals surface area contributed by atoms with E-state index in [1.165, 1.54) is 13.1 Å². The number of hydrogen-bond acceptors (Lipinski definition) is 4. The van der Waals surface area contributed by atoms with Gasteiger partial charge in [0, 0.05) is 0 Å². The van der Waals surface area contributed by atoms with Gasteiger partial charge in [0.15, 0.2) is 0 Å². The highest BCUT2D eigenvalue weighted by Gasteiger charge is 2.26. The molecule has 1 aromatic rings. The van der Waals surface area contributed by atoms with Crippen LogP contribution in [0.25, 0.3) is 0 Å². The first-order valence-electron chi connectivity index (χ1n) is 6.24. The third-order valence-corrected chi connectivity index (χ3v) is 5.53. The van der Waals surface area contributed by atoms with Crippen LogP contribution in [0.1, 0.15) is 12.8 Å². The molecule has 0 amide bonds. The summed E-state index contributed by atoms with van der Waals surface area (Å²) in [6.07, 6.45) is 1.61. The summed E-state index contributed by atoms with van der Waals surface area (Å²) in [6.45, 7) is 1.69. The first-order chi connectivity index (χ1) is 9.45. The first kappa shape index (κ1) is 15.9. The number of piperidine rings is 1. The van der Waals surface area contributed by atoms with Gasteiger partial charge in [-0.05, 0) is 45.1 Å². The molecule has 2 rings (SSSR count). The van der Waals surface area contributed by atoms with Gasteiger partial charge in [-0.2, -0.15) is 0 Å². The zero-order valence-electron chi connectivity index (χ0n) is 10.9. The van der Waals surface area contributed by atoms with E-state index in [9.17, 15) is 8.42 Å². The Morgan fingerprint density at radius 3 is 2.55 bits per heavy atom. The second-order valence-corrected chi connectivity index (χ2v) is 7.07. The lowest BCUT2D eigenvalue weighted by Crippen LogP contribution is -2.34. The summed E-state index contributed by atoms with van der Waals surface area (Å²) in [5.74, 6) is 0.237. The van der Waals surface area contributed by atoms with Crippen molar-refractivity contribution in [1.29, 1.82) is 0 Å². The summed E-state index contributed by atoms with van der Waals surface area (Å²) in [4.78, 5) is -0.104. The highest BCUT2D eigenvalue weighted by Crippen LogP contribution is 2.37. The average Bonchev–Trinajstić information content (AvgIpc) is 2.44. The van der Waals surface area contributed by atoms with Crippen molar-refractivity contribution in [2.24, 2.45) is 0 Å². The van der Waals surface area contributed by atoms with Gasteiger partial charge in [-0.1, -0.05) is 23.2 Å². The molecule has 0 bridgehead atoms. The molecule has 0 aromatic heterocycles. The summed E-state index contributed by atoms with van der Waals surface area (Å²) in [5, 5.41) is 3.38. The zero-order chi connectivity index (χ0) is 14.8. The Kier molecular flexibility index (Phi) is 5.14. The lowest BCUT2D eigenvalue weighted by molar-refractivity contribution is 0.158. The van der Waals surface area contributed by atoms with E-state index in [-0.39, 0.29) is 26.8 Å². The van der Waals surface area contributed by atoms with E-state index < -0.39 is 10.0 Å². The smallest absolute Gasteiger partial charge is 0.245 e. The topological polar surface area (TPSA) is 67.4 Å². The molecule has 1 aliphatic heterocycles. The number of nitrogens with one attached hydrogen (secondary N) is 2. The fourth-order valence-electron chi connectivity index (χ4n) is 2.05. The van der Waals surface area contributed by atoms with Gasteiger partial charge in [-0.15, -0.1) is 0 Å². The molecule has 0 radical (unpaired) electrons. The molecule has 1 saturated heterocycles. The lowest BCUT2D eigenvalue weighted by Gasteiger charge is -2.25. The van der Waals surface area contributed by atoms with Crippen molar-refractivity contribution in [2.45, 2.75) is 23.8 Å². The molecule has 1 aliphatic rings. The molecule has 1 aromatic carbocycles. The fraction of sp³-hybridized carbons (Fsp3) is 0.500. The molecule has 1 fully saturated rings. The van der Waals surface area contributed by atoms with Crippen LogP contribution < -0.4 is 14.8 Å². The van der Waals surface area contributed by atoms with Gasteiger partial charge < -0.3 is 10.1 Å². The van der Waals surface area contributed by atoms with Gasteiger partial charge in [0.2, 0.25) is 10.0 Å². The van der Waals surface area contributed by atoms with Crippen molar-refractivity contribution >= 4 is 33.2 Å². The molecule has 112 valence electrons. The number of rotatable bonds is 4. The van der Waals surface area contributed by atoms with E-state index in [1.54, 1.807) is 6.07 Å². The molecule has 20 heavy (non-hydrogen) atoms. The molecule has 0 aliphatic carbocycles. The third-order valence-electron chi connectivity index (χ3n) is 3.13. The largest absolute Gasteiger partial charge is 0.489 e. The zero-order valence-corrected chi connectivity index (χ0v) is 13.3. The predicted octanol–water partition coefficient (Wildman–Crippen LogP) is 2.03. The quantitative estimate of drug-likeness (QED) is 0.881. The van der Waals surface area contributed by atoms with Crippen LogP contribution in [0.4, 0.5) is 0 Å². The number of benzene rings is 1. The maximum Gasteiger partial charge on any atom is 0.245 e. The standard InChI is InChI=1S/C12H16Cl2N2O3S/c1-15-20(17,18)12-10(3-2-9(13)11(12)14)19-8-4-6-16-7-5-8/h2-3,8,15-16H,4-7H2,1H3. The number of ether oxygens (including phenoxy) is 1. The Labute approximate surface area is 128 Å².